The van der Waals surface area contributed by atoms with E-state index in [-0.39, 0.29) is 12.3 Å². The number of hydrogen-bond donors (Lipinski definition) is 1. The standard InChI is InChI=1S/C17H23NO5S/c1-12(19)18-14-7-5-13(6-8-14)11-24-10-9-15(20)22-16(21)23-17(2,3)4/h5-8H,9-11H2,1-4H3,(H,18,19). The van der Waals surface area contributed by atoms with Crippen molar-refractivity contribution in [3.05, 3.63) is 29.8 Å². The molecular formula is C17H23NO5S. The van der Waals surface area contributed by atoms with Gasteiger partial charge < -0.3 is 14.8 Å². The molecule has 0 bridgehead atoms. The van der Waals surface area contributed by atoms with Gasteiger partial charge in [-0.3, -0.25) is 9.59 Å². The molecule has 0 atom stereocenters. The van der Waals surface area contributed by atoms with Crippen molar-refractivity contribution < 1.29 is 23.9 Å². The molecule has 0 saturated heterocycles. The van der Waals surface area contributed by atoms with Crippen LogP contribution in [0.1, 0.15) is 39.7 Å². The maximum absolute atomic E-state index is 11.5. The monoisotopic (exact) mass is 353 g/mol. The van der Waals surface area contributed by atoms with Gasteiger partial charge in [-0.2, -0.15) is 11.8 Å². The third-order valence-corrected chi connectivity index (χ3v) is 3.61. The molecule has 0 fully saturated rings. The molecule has 1 aromatic carbocycles. The van der Waals surface area contributed by atoms with Crippen LogP contribution >= 0.6 is 11.8 Å². The van der Waals surface area contributed by atoms with Crippen LogP contribution in [0.4, 0.5) is 10.5 Å². The Morgan fingerprint density at radius 1 is 1.12 bits per heavy atom. The average Bonchev–Trinajstić information content (AvgIpc) is 2.42. The van der Waals surface area contributed by atoms with Crippen LogP contribution in [-0.2, 0) is 24.8 Å². The summed E-state index contributed by atoms with van der Waals surface area (Å²) in [6.07, 6.45) is -0.834. The third kappa shape index (κ3) is 9.19. The highest BCUT2D eigenvalue weighted by Crippen LogP contribution is 2.16. The van der Waals surface area contributed by atoms with E-state index in [4.69, 9.17) is 4.74 Å². The number of ether oxygens (including phenoxy) is 2. The van der Waals surface area contributed by atoms with Crippen molar-refractivity contribution in [1.29, 1.82) is 0 Å². The van der Waals surface area contributed by atoms with E-state index in [1.54, 1.807) is 32.5 Å². The third-order valence-electron chi connectivity index (χ3n) is 2.58. The molecule has 0 aromatic heterocycles. The molecule has 24 heavy (non-hydrogen) atoms. The number of carbonyl (C=O) groups excluding carboxylic acids is 3. The SMILES string of the molecule is CC(=O)Nc1ccc(CSCCC(=O)OC(=O)OC(C)(C)C)cc1. The molecule has 0 heterocycles. The molecule has 1 N–H and O–H groups in total. The molecule has 6 nitrogen and oxygen atoms in total. The second-order valence-corrected chi connectivity index (χ2v) is 7.22. The van der Waals surface area contributed by atoms with E-state index in [0.29, 0.717) is 5.75 Å². The van der Waals surface area contributed by atoms with Gasteiger partial charge in [0.2, 0.25) is 5.91 Å². The molecule has 1 aromatic rings. The second kappa shape index (κ2) is 9.32. The van der Waals surface area contributed by atoms with E-state index in [1.807, 2.05) is 24.3 Å². The average molecular weight is 353 g/mol. The van der Waals surface area contributed by atoms with E-state index >= 15 is 0 Å². The lowest BCUT2D eigenvalue weighted by molar-refractivity contribution is -0.140. The maximum Gasteiger partial charge on any atom is 0.516 e. The molecule has 132 valence electrons. The van der Waals surface area contributed by atoms with E-state index in [2.05, 4.69) is 10.1 Å². The van der Waals surface area contributed by atoms with Crippen LogP contribution in [0.3, 0.4) is 0 Å². The van der Waals surface area contributed by atoms with Crippen molar-refractivity contribution in [2.45, 2.75) is 45.5 Å². The Balaban J connectivity index is 2.24. The van der Waals surface area contributed by atoms with E-state index < -0.39 is 17.7 Å². The van der Waals surface area contributed by atoms with Crippen LogP contribution in [0, 0.1) is 0 Å². The highest BCUT2D eigenvalue weighted by atomic mass is 32.2. The number of nitrogens with one attached hydrogen (secondary N) is 1. The first-order valence-corrected chi connectivity index (χ1v) is 8.69. The summed E-state index contributed by atoms with van der Waals surface area (Å²) in [5.41, 5.74) is 1.14. The van der Waals surface area contributed by atoms with Gasteiger partial charge in [-0.1, -0.05) is 12.1 Å². The zero-order valence-corrected chi connectivity index (χ0v) is 15.2. The number of anilines is 1. The smallest absolute Gasteiger partial charge is 0.428 e. The van der Waals surface area contributed by atoms with Crippen LogP contribution in [-0.4, -0.2) is 29.4 Å². The van der Waals surface area contributed by atoms with Crippen molar-refractivity contribution in [2.24, 2.45) is 0 Å². The summed E-state index contributed by atoms with van der Waals surface area (Å²) in [7, 11) is 0. The van der Waals surface area contributed by atoms with Crippen LogP contribution in [0.5, 0.6) is 0 Å². The van der Waals surface area contributed by atoms with Crippen molar-refractivity contribution in [3.63, 3.8) is 0 Å². The van der Waals surface area contributed by atoms with Crippen LogP contribution < -0.4 is 5.32 Å². The van der Waals surface area contributed by atoms with Crippen LogP contribution in [0.25, 0.3) is 0 Å². The predicted molar refractivity (Wildman–Crippen MR) is 93.9 cm³/mol. The highest BCUT2D eigenvalue weighted by Gasteiger charge is 2.19. The quantitative estimate of drug-likeness (QED) is 0.476. The van der Waals surface area contributed by atoms with Crippen molar-refractivity contribution in [3.8, 4) is 0 Å². The molecule has 0 spiro atoms. The lowest BCUT2D eigenvalue weighted by Crippen LogP contribution is -2.26. The van der Waals surface area contributed by atoms with Gasteiger partial charge in [-0.25, -0.2) is 4.79 Å². The lowest BCUT2D eigenvalue weighted by atomic mass is 10.2. The zero-order chi connectivity index (χ0) is 18.2. The number of amides is 1. The van der Waals surface area contributed by atoms with Gasteiger partial charge in [-0.15, -0.1) is 0 Å². The van der Waals surface area contributed by atoms with Gasteiger partial charge in [0.15, 0.2) is 0 Å². The van der Waals surface area contributed by atoms with Gasteiger partial charge in [0, 0.05) is 24.1 Å². The summed E-state index contributed by atoms with van der Waals surface area (Å²) >= 11 is 1.55. The Bertz CT molecular complexity index is 578. The topological polar surface area (TPSA) is 81.7 Å². The van der Waals surface area contributed by atoms with Crippen LogP contribution in [0.2, 0.25) is 0 Å². The molecule has 7 heteroatoms. The molecular weight excluding hydrogens is 330 g/mol. The Labute approximate surface area is 146 Å². The summed E-state index contributed by atoms with van der Waals surface area (Å²) in [5.74, 6) is 0.549. The first-order valence-electron chi connectivity index (χ1n) is 7.53. The minimum Gasteiger partial charge on any atom is -0.428 e. The van der Waals surface area contributed by atoms with Crippen molar-refractivity contribution >= 4 is 35.5 Å². The molecule has 0 unspecified atom stereocenters. The fraction of sp³-hybridized carbons (Fsp3) is 0.471. The van der Waals surface area contributed by atoms with Gasteiger partial charge in [0.1, 0.15) is 5.60 Å². The Morgan fingerprint density at radius 3 is 2.29 bits per heavy atom. The molecule has 0 aliphatic heterocycles. The Hall–Kier alpha value is -2.02. The first kappa shape index (κ1) is 20.0. The number of esters is 1. The minimum absolute atomic E-state index is 0.111. The van der Waals surface area contributed by atoms with Gasteiger partial charge in [-0.05, 0) is 38.5 Å². The number of hydrogen-bond acceptors (Lipinski definition) is 6. The number of carbonyl (C=O) groups is 3. The normalized spacial score (nSPS) is 10.8. The maximum atomic E-state index is 11.5. The summed E-state index contributed by atoms with van der Waals surface area (Å²) in [4.78, 5) is 33.8. The highest BCUT2D eigenvalue weighted by molar-refractivity contribution is 7.98. The zero-order valence-electron chi connectivity index (χ0n) is 14.4. The predicted octanol–water partition coefficient (Wildman–Crippen LogP) is 3.75. The summed E-state index contributed by atoms with van der Waals surface area (Å²) in [6.45, 7) is 6.56. The largest absolute Gasteiger partial charge is 0.516 e. The lowest BCUT2D eigenvalue weighted by Gasteiger charge is -2.18. The van der Waals surface area contributed by atoms with E-state index in [0.717, 1.165) is 17.0 Å². The number of thioether (sulfide) groups is 1. The first-order chi connectivity index (χ1) is 11.2. The molecule has 0 radical (unpaired) electrons. The fourth-order valence-electron chi connectivity index (χ4n) is 1.65. The second-order valence-electron chi connectivity index (χ2n) is 6.12. The molecule has 0 aliphatic carbocycles. The van der Waals surface area contributed by atoms with Gasteiger partial charge in [0.25, 0.3) is 0 Å². The van der Waals surface area contributed by atoms with Crippen molar-refractivity contribution in [2.75, 3.05) is 11.1 Å². The van der Waals surface area contributed by atoms with Crippen LogP contribution in [0.15, 0.2) is 24.3 Å². The van der Waals surface area contributed by atoms with E-state index in [1.165, 1.54) is 6.92 Å². The fourth-order valence-corrected chi connectivity index (χ4v) is 2.53. The minimum atomic E-state index is -0.967. The summed E-state index contributed by atoms with van der Waals surface area (Å²) < 4.78 is 9.48. The van der Waals surface area contributed by atoms with Gasteiger partial charge in [0.05, 0.1) is 6.42 Å². The molecule has 1 amide bonds. The molecule has 1 rings (SSSR count). The molecule has 0 saturated carbocycles. The summed E-state index contributed by atoms with van der Waals surface area (Å²) in [6, 6.07) is 7.48. The summed E-state index contributed by atoms with van der Waals surface area (Å²) in [5, 5.41) is 2.70. The molecule has 0 aliphatic rings. The Kier molecular flexibility index (Phi) is 7.78. The number of benzene rings is 1. The van der Waals surface area contributed by atoms with E-state index in [9.17, 15) is 14.4 Å². The van der Waals surface area contributed by atoms with Crippen molar-refractivity contribution in [1.82, 2.24) is 0 Å². The number of rotatable bonds is 6. The Morgan fingerprint density at radius 2 is 1.75 bits per heavy atom. The van der Waals surface area contributed by atoms with Gasteiger partial charge >= 0.3 is 12.1 Å².